The highest BCUT2D eigenvalue weighted by atomic mass is 32.2. The number of anilines is 2. The van der Waals surface area contributed by atoms with Gasteiger partial charge in [0.1, 0.15) is 11.6 Å². The second kappa shape index (κ2) is 9.53. The maximum absolute atomic E-state index is 14.0. The Morgan fingerprint density at radius 1 is 1.05 bits per heavy atom. The van der Waals surface area contributed by atoms with Crippen molar-refractivity contribution in [1.82, 2.24) is 14.8 Å². The summed E-state index contributed by atoms with van der Waals surface area (Å²) in [7, 11) is -3.34. The number of carbonyl (C=O) groups is 1. The Morgan fingerprint density at radius 3 is 2.55 bits per heavy atom. The summed E-state index contributed by atoms with van der Waals surface area (Å²) in [6.07, 6.45) is 2.00. The molecule has 204 valence electrons. The smallest absolute Gasteiger partial charge is 0.235 e. The fourth-order valence-electron chi connectivity index (χ4n) is 5.04. The lowest BCUT2D eigenvalue weighted by Crippen LogP contribution is -2.25. The van der Waals surface area contributed by atoms with Crippen LogP contribution in [0.3, 0.4) is 0 Å². The Labute approximate surface area is 230 Å². The molecule has 3 N–H and O–H groups in total. The van der Waals surface area contributed by atoms with E-state index in [9.17, 15) is 17.6 Å². The van der Waals surface area contributed by atoms with Gasteiger partial charge in [0.2, 0.25) is 15.8 Å². The van der Waals surface area contributed by atoms with Gasteiger partial charge in [-0.3, -0.25) is 9.10 Å². The van der Waals surface area contributed by atoms with Crippen molar-refractivity contribution < 1.29 is 22.3 Å². The van der Waals surface area contributed by atoms with Crippen LogP contribution in [0.1, 0.15) is 33.6 Å². The number of benzene rings is 3. The summed E-state index contributed by atoms with van der Waals surface area (Å²) in [6.45, 7) is 4.13. The second-order valence-electron chi connectivity index (χ2n) is 9.82. The molecule has 0 atom stereocenters. The Kier molecular flexibility index (Phi) is 6.10. The second-order valence-corrected chi connectivity index (χ2v) is 11.8. The van der Waals surface area contributed by atoms with Gasteiger partial charge in [-0.15, -0.1) is 0 Å². The van der Waals surface area contributed by atoms with E-state index in [1.165, 1.54) is 21.3 Å². The number of halogens is 1. The zero-order valence-electron chi connectivity index (χ0n) is 21.8. The molecule has 2 aromatic heterocycles. The number of ketones is 1. The minimum atomic E-state index is -3.34. The Bertz CT molecular complexity index is 1910. The zero-order valence-corrected chi connectivity index (χ0v) is 22.6. The number of carbonyl (C=O) groups excluding carboxylic acids is 1. The molecule has 1 fully saturated rings. The maximum Gasteiger partial charge on any atom is 0.235 e. The number of ether oxygens (including phenoxy) is 1. The predicted octanol–water partition coefficient (Wildman–Crippen LogP) is 5.25. The third-order valence-electron chi connectivity index (χ3n) is 7.06. The van der Waals surface area contributed by atoms with Gasteiger partial charge in [0.25, 0.3) is 0 Å². The van der Waals surface area contributed by atoms with Gasteiger partial charge in [-0.25, -0.2) is 17.5 Å². The summed E-state index contributed by atoms with van der Waals surface area (Å²) in [5, 5.41) is 5.14. The minimum Gasteiger partial charge on any atom is -0.454 e. The third-order valence-corrected chi connectivity index (χ3v) is 8.92. The molecule has 0 aliphatic carbocycles. The molecular weight excluding hydrogens is 533 g/mol. The van der Waals surface area contributed by atoms with Crippen LogP contribution in [-0.2, 0) is 10.0 Å². The first-order chi connectivity index (χ1) is 19.1. The van der Waals surface area contributed by atoms with Crippen molar-refractivity contribution in [3.63, 3.8) is 0 Å². The molecular formula is C29H26FN5O4S. The molecule has 40 heavy (non-hydrogen) atoms. The average Bonchev–Trinajstić information content (AvgIpc) is 3.60. The number of rotatable bonds is 6. The summed E-state index contributed by atoms with van der Waals surface area (Å²) >= 11 is 0. The van der Waals surface area contributed by atoms with Gasteiger partial charge in [-0.05, 0) is 79.9 Å². The van der Waals surface area contributed by atoms with Gasteiger partial charge in [-0.2, -0.15) is 5.10 Å². The number of nitrogens with zero attached hydrogens (tertiary/aromatic N) is 3. The number of hydrogen-bond donors (Lipinski definition) is 2. The summed E-state index contributed by atoms with van der Waals surface area (Å²) in [4.78, 5) is 16.6. The van der Waals surface area contributed by atoms with Crippen molar-refractivity contribution in [2.75, 3.05) is 22.3 Å². The van der Waals surface area contributed by atoms with E-state index in [0.29, 0.717) is 41.3 Å². The molecule has 0 radical (unpaired) electrons. The number of fused-ring (bicyclic) bond motifs is 1. The van der Waals surface area contributed by atoms with Gasteiger partial charge in [0.05, 0.1) is 34.6 Å². The molecule has 6 rings (SSSR count). The van der Waals surface area contributed by atoms with Crippen LogP contribution in [0.15, 0.2) is 66.9 Å². The molecule has 0 saturated carbocycles. The van der Waals surface area contributed by atoms with E-state index in [-0.39, 0.29) is 28.7 Å². The van der Waals surface area contributed by atoms with Crippen molar-refractivity contribution in [3.05, 3.63) is 95.1 Å². The maximum atomic E-state index is 14.0. The van der Waals surface area contributed by atoms with Gasteiger partial charge >= 0.3 is 0 Å². The van der Waals surface area contributed by atoms with Crippen LogP contribution in [0.5, 0.6) is 11.5 Å². The number of nitrogens with one attached hydrogen (secondary N) is 1. The molecule has 1 saturated heterocycles. The van der Waals surface area contributed by atoms with E-state index in [0.717, 1.165) is 16.5 Å². The summed E-state index contributed by atoms with van der Waals surface area (Å²) in [5.41, 5.74) is 10.4. The van der Waals surface area contributed by atoms with Crippen molar-refractivity contribution >= 4 is 38.2 Å². The van der Waals surface area contributed by atoms with Gasteiger partial charge in [0, 0.05) is 17.4 Å². The number of aromatic nitrogens is 3. The molecule has 0 bridgehead atoms. The van der Waals surface area contributed by atoms with E-state index in [2.05, 4.69) is 10.1 Å². The lowest BCUT2D eigenvalue weighted by molar-refractivity contribution is 0.103. The highest BCUT2D eigenvalue weighted by Gasteiger charge is 2.30. The van der Waals surface area contributed by atoms with Gasteiger partial charge in [-0.1, -0.05) is 12.1 Å². The van der Waals surface area contributed by atoms with Crippen LogP contribution in [0.2, 0.25) is 0 Å². The molecule has 5 aromatic rings. The van der Waals surface area contributed by atoms with E-state index < -0.39 is 15.8 Å². The molecule has 1 aliphatic heterocycles. The molecule has 0 spiro atoms. The number of para-hydroxylation sites is 1. The van der Waals surface area contributed by atoms with Crippen LogP contribution < -0.4 is 14.8 Å². The highest BCUT2D eigenvalue weighted by molar-refractivity contribution is 7.93. The predicted molar refractivity (Wildman–Crippen MR) is 151 cm³/mol. The third kappa shape index (κ3) is 4.37. The van der Waals surface area contributed by atoms with Crippen molar-refractivity contribution in [2.45, 2.75) is 20.3 Å². The van der Waals surface area contributed by atoms with Crippen LogP contribution in [0.25, 0.3) is 16.6 Å². The van der Waals surface area contributed by atoms with Gasteiger partial charge in [0.15, 0.2) is 11.6 Å². The number of nitrogen functional groups attached to an aromatic ring is 1. The number of sulfonamides is 1. The van der Waals surface area contributed by atoms with Crippen LogP contribution in [0, 0.1) is 19.7 Å². The normalized spacial score (nSPS) is 14.6. The molecule has 0 amide bonds. The first-order valence-electron chi connectivity index (χ1n) is 12.7. The largest absolute Gasteiger partial charge is 0.454 e. The standard InChI is InChI=1S/C29H26FN5O4S/c1-17-12-19-14-24(33-23(19)15-26(17)34-10-5-11-40(34,37)38)28(36)21-16-32-35(29(21)31)25-9-8-20(13-18(25)2)39-27-7-4-3-6-22(27)30/h3-4,6-9,12-16,33H,5,10-11,31H2,1-2H3. The first kappa shape index (κ1) is 25.6. The highest BCUT2D eigenvalue weighted by Crippen LogP contribution is 2.33. The number of nitrogens with two attached hydrogens (primary N) is 1. The molecule has 11 heteroatoms. The fraction of sp³-hybridized carbons (Fsp3) is 0.172. The molecule has 3 heterocycles. The lowest BCUT2D eigenvalue weighted by atomic mass is 10.1. The Balaban J connectivity index is 1.29. The topological polar surface area (TPSA) is 123 Å². The van der Waals surface area contributed by atoms with Gasteiger partial charge < -0.3 is 15.5 Å². The van der Waals surface area contributed by atoms with Crippen LogP contribution in [0.4, 0.5) is 15.9 Å². The molecule has 3 aromatic carbocycles. The molecule has 0 unspecified atom stereocenters. The SMILES string of the molecule is Cc1cc2cc(C(=O)c3cnn(-c4ccc(Oc5ccccc5F)cc4C)c3N)[nH]c2cc1N1CCCS1(=O)=O. The van der Waals surface area contributed by atoms with Crippen molar-refractivity contribution in [2.24, 2.45) is 0 Å². The molecule has 1 aliphatic rings. The first-order valence-corrected chi connectivity index (χ1v) is 14.3. The quantitative estimate of drug-likeness (QED) is 0.274. The van der Waals surface area contributed by atoms with E-state index in [4.69, 9.17) is 10.5 Å². The number of aromatic amines is 1. The van der Waals surface area contributed by atoms with Crippen molar-refractivity contribution in [1.29, 1.82) is 0 Å². The van der Waals surface area contributed by atoms with Crippen LogP contribution in [-0.4, -0.2) is 41.3 Å². The molecule has 9 nitrogen and oxygen atoms in total. The fourth-order valence-corrected chi connectivity index (χ4v) is 6.66. The van der Waals surface area contributed by atoms with E-state index >= 15 is 0 Å². The average molecular weight is 560 g/mol. The van der Waals surface area contributed by atoms with Crippen LogP contribution >= 0.6 is 0 Å². The lowest BCUT2D eigenvalue weighted by Gasteiger charge is -2.19. The minimum absolute atomic E-state index is 0.115. The number of H-pyrrole nitrogens is 1. The van der Waals surface area contributed by atoms with E-state index in [1.807, 2.05) is 19.9 Å². The number of hydrogen-bond acceptors (Lipinski definition) is 6. The monoisotopic (exact) mass is 559 g/mol. The number of aryl methyl sites for hydroxylation is 2. The van der Waals surface area contributed by atoms with Crippen molar-refractivity contribution in [3.8, 4) is 17.2 Å². The zero-order chi connectivity index (χ0) is 28.2. The summed E-state index contributed by atoms with van der Waals surface area (Å²) < 4.78 is 47.5. The van der Waals surface area contributed by atoms with E-state index in [1.54, 1.807) is 48.5 Å². The summed E-state index contributed by atoms with van der Waals surface area (Å²) in [5.74, 6) is 0.0442. The summed E-state index contributed by atoms with van der Waals surface area (Å²) in [6, 6.07) is 16.7. The Morgan fingerprint density at radius 2 is 1.82 bits per heavy atom. The Hall–Kier alpha value is -4.64.